The van der Waals surface area contributed by atoms with Crippen LogP contribution in [0.1, 0.15) is 20.8 Å². The highest BCUT2D eigenvalue weighted by Crippen LogP contribution is 2.10. The number of rotatable bonds is 0. The van der Waals surface area contributed by atoms with E-state index in [0.29, 0.717) is 11.2 Å². The van der Waals surface area contributed by atoms with Crippen LogP contribution < -0.4 is 11.3 Å². The van der Waals surface area contributed by atoms with Crippen molar-refractivity contribution in [2.75, 3.05) is 0 Å². The molecule has 0 aliphatic heterocycles. The quantitative estimate of drug-likeness (QED) is 0.567. The van der Waals surface area contributed by atoms with Gasteiger partial charge in [-0.1, -0.05) is 0 Å². The molecule has 6 heteroatoms. The maximum absolute atomic E-state index is 12.3. The Morgan fingerprint density at radius 1 is 1.38 bits per heavy atom. The van der Waals surface area contributed by atoms with Crippen molar-refractivity contribution in [3.05, 3.63) is 16.7 Å². The number of aryl methyl sites for hydroxylation is 1. The molecule has 82 valence electrons. The van der Waals surface area contributed by atoms with Crippen LogP contribution in [0, 0.1) is 0 Å². The molecule has 0 amide bonds. The second-order valence-electron chi connectivity index (χ2n) is 4.81. The van der Waals surface area contributed by atoms with Crippen LogP contribution in [-0.4, -0.2) is 26.9 Å². The van der Waals surface area contributed by atoms with Crippen molar-refractivity contribution in [1.29, 1.82) is 0 Å². The Morgan fingerprint density at radius 3 is 2.56 bits per heavy atom. The van der Waals surface area contributed by atoms with Crippen molar-refractivity contribution in [3.8, 4) is 0 Å². The Balaban J connectivity index is 2.96. The number of hydrogen-bond donors (Lipinski definition) is 0. The van der Waals surface area contributed by atoms with Crippen LogP contribution in [0.15, 0.2) is 11.1 Å². The van der Waals surface area contributed by atoms with Crippen LogP contribution >= 0.6 is 0 Å². The molecule has 0 unspecified atom stereocenters. The SMILES string of the molecule is [B]c1nc2ncn(C)c2c(=O)n1C(C)(C)C. The van der Waals surface area contributed by atoms with Gasteiger partial charge in [-0.05, 0) is 20.8 Å². The molecule has 0 saturated carbocycles. The number of aromatic nitrogens is 4. The molecule has 0 spiro atoms. The first-order valence-electron chi connectivity index (χ1n) is 5.02. The summed E-state index contributed by atoms with van der Waals surface area (Å²) in [5, 5.41) is 0. The lowest BCUT2D eigenvalue weighted by Gasteiger charge is -2.24. The average molecular weight is 216 g/mol. The molecule has 0 fully saturated rings. The average Bonchev–Trinajstić information content (AvgIpc) is 2.44. The van der Waals surface area contributed by atoms with E-state index < -0.39 is 5.54 Å². The Kier molecular flexibility index (Phi) is 2.18. The molecule has 0 atom stereocenters. The zero-order chi connectivity index (χ0) is 12.1. The monoisotopic (exact) mass is 216 g/mol. The van der Waals surface area contributed by atoms with Gasteiger partial charge in [-0.15, -0.1) is 0 Å². The van der Waals surface area contributed by atoms with E-state index in [4.69, 9.17) is 7.85 Å². The van der Waals surface area contributed by atoms with Gasteiger partial charge >= 0.3 is 0 Å². The molecule has 2 aromatic rings. The van der Waals surface area contributed by atoms with Gasteiger partial charge in [-0.25, -0.2) is 9.97 Å². The van der Waals surface area contributed by atoms with Crippen molar-refractivity contribution in [3.63, 3.8) is 0 Å². The van der Waals surface area contributed by atoms with E-state index in [1.165, 1.54) is 4.57 Å². The summed E-state index contributed by atoms with van der Waals surface area (Å²) in [7, 11) is 7.55. The van der Waals surface area contributed by atoms with Gasteiger partial charge in [0.2, 0.25) is 0 Å². The molecule has 5 nitrogen and oxygen atoms in total. The maximum Gasteiger partial charge on any atom is 0.279 e. The molecule has 0 aromatic carbocycles. The van der Waals surface area contributed by atoms with Crippen LogP contribution in [-0.2, 0) is 12.6 Å². The normalized spacial score (nSPS) is 12.2. The fourth-order valence-electron chi connectivity index (χ4n) is 1.76. The van der Waals surface area contributed by atoms with E-state index in [0.717, 1.165) is 0 Å². The largest absolute Gasteiger partial charge is 0.328 e. The van der Waals surface area contributed by atoms with E-state index in [-0.39, 0.29) is 11.3 Å². The molecular formula is C10H13BN4O. The van der Waals surface area contributed by atoms with Crippen LogP contribution in [0.25, 0.3) is 11.2 Å². The van der Waals surface area contributed by atoms with Crippen molar-refractivity contribution in [2.24, 2.45) is 7.05 Å². The lowest BCUT2D eigenvalue weighted by molar-refractivity contribution is 0.392. The molecule has 16 heavy (non-hydrogen) atoms. The molecule has 2 rings (SSSR count). The number of nitrogens with zero attached hydrogens (tertiary/aromatic N) is 4. The van der Waals surface area contributed by atoms with E-state index in [9.17, 15) is 4.79 Å². The summed E-state index contributed by atoms with van der Waals surface area (Å²) in [6, 6.07) is 0. The zero-order valence-electron chi connectivity index (χ0n) is 9.85. The third-order valence-corrected chi connectivity index (χ3v) is 2.44. The first-order valence-corrected chi connectivity index (χ1v) is 5.02. The van der Waals surface area contributed by atoms with Crippen LogP contribution in [0.3, 0.4) is 0 Å². The minimum absolute atomic E-state index is 0.157. The molecule has 0 N–H and O–H groups in total. The lowest BCUT2D eigenvalue weighted by Crippen LogP contribution is -2.45. The maximum atomic E-state index is 12.3. The van der Waals surface area contributed by atoms with Gasteiger partial charge in [0.05, 0.1) is 12.1 Å². The minimum Gasteiger partial charge on any atom is -0.328 e. The van der Waals surface area contributed by atoms with E-state index in [1.807, 2.05) is 20.8 Å². The van der Waals surface area contributed by atoms with Crippen molar-refractivity contribution in [2.45, 2.75) is 26.3 Å². The summed E-state index contributed by atoms with van der Waals surface area (Å²) in [5.74, 6) is 0. The van der Waals surface area contributed by atoms with Crippen LogP contribution in [0.2, 0.25) is 0 Å². The second-order valence-corrected chi connectivity index (χ2v) is 4.81. The van der Waals surface area contributed by atoms with Gasteiger partial charge in [0.1, 0.15) is 0 Å². The zero-order valence-corrected chi connectivity index (χ0v) is 9.85. The molecular weight excluding hydrogens is 203 g/mol. The third kappa shape index (κ3) is 1.45. The van der Waals surface area contributed by atoms with Gasteiger partial charge < -0.3 is 4.57 Å². The number of imidazole rings is 1. The van der Waals surface area contributed by atoms with Crippen molar-refractivity contribution in [1.82, 2.24) is 19.1 Å². The Morgan fingerprint density at radius 2 is 2.00 bits per heavy atom. The second kappa shape index (κ2) is 3.20. The summed E-state index contributed by atoms with van der Waals surface area (Å²) in [5.41, 5.74) is 0.514. The molecule has 0 bridgehead atoms. The molecule has 0 saturated heterocycles. The highest BCUT2D eigenvalue weighted by atomic mass is 16.1. The van der Waals surface area contributed by atoms with Gasteiger partial charge in [0.25, 0.3) is 5.56 Å². The number of fused-ring (bicyclic) bond motifs is 1. The first-order chi connectivity index (χ1) is 7.32. The predicted molar refractivity (Wildman–Crippen MR) is 63.2 cm³/mol. The van der Waals surface area contributed by atoms with E-state index >= 15 is 0 Å². The van der Waals surface area contributed by atoms with E-state index in [1.54, 1.807) is 17.9 Å². The summed E-state index contributed by atoms with van der Waals surface area (Å²) in [6.07, 6.45) is 1.56. The minimum atomic E-state index is -0.396. The molecule has 2 heterocycles. The van der Waals surface area contributed by atoms with Gasteiger partial charge in [-0.2, -0.15) is 0 Å². The Labute approximate surface area is 94.5 Å². The summed E-state index contributed by atoms with van der Waals surface area (Å²) >= 11 is 0. The predicted octanol–water partition coefficient (Wildman–Crippen LogP) is -0.321. The summed E-state index contributed by atoms with van der Waals surface area (Å²) in [6.45, 7) is 5.73. The Bertz CT molecular complexity index is 606. The van der Waals surface area contributed by atoms with Gasteiger partial charge in [0.15, 0.2) is 19.0 Å². The lowest BCUT2D eigenvalue weighted by atomic mass is 10.0. The first kappa shape index (κ1) is 10.9. The molecule has 0 aliphatic rings. The fraction of sp³-hybridized carbons (Fsp3) is 0.500. The van der Waals surface area contributed by atoms with Gasteiger partial charge in [-0.3, -0.25) is 9.36 Å². The summed E-state index contributed by atoms with van der Waals surface area (Å²) < 4.78 is 3.14. The third-order valence-electron chi connectivity index (χ3n) is 2.44. The molecule has 2 aromatic heterocycles. The van der Waals surface area contributed by atoms with Crippen LogP contribution in [0.4, 0.5) is 0 Å². The highest BCUT2D eigenvalue weighted by molar-refractivity contribution is 6.29. The Hall–Kier alpha value is -1.59. The summed E-state index contributed by atoms with van der Waals surface area (Å²) in [4.78, 5) is 20.4. The number of hydrogen-bond acceptors (Lipinski definition) is 3. The smallest absolute Gasteiger partial charge is 0.279 e. The van der Waals surface area contributed by atoms with E-state index in [2.05, 4.69) is 9.97 Å². The topological polar surface area (TPSA) is 52.7 Å². The van der Waals surface area contributed by atoms with Crippen LogP contribution in [0.5, 0.6) is 0 Å². The molecule has 2 radical (unpaired) electrons. The molecule has 0 aliphatic carbocycles. The van der Waals surface area contributed by atoms with Crippen molar-refractivity contribution >= 4 is 24.7 Å². The van der Waals surface area contributed by atoms with Gasteiger partial charge in [0, 0.05) is 12.6 Å². The fourth-order valence-corrected chi connectivity index (χ4v) is 1.76. The standard InChI is InChI=1S/C10H13BN4O/c1-10(2,3)15-8(16)6-7(13-9(15)11)12-5-14(6)4/h5H,1-4H3. The van der Waals surface area contributed by atoms with Crippen molar-refractivity contribution < 1.29 is 0 Å². The highest BCUT2D eigenvalue weighted by Gasteiger charge is 2.20.